The summed E-state index contributed by atoms with van der Waals surface area (Å²) in [5.41, 5.74) is 1.22. The number of ether oxygens (including phenoxy) is 1. The smallest absolute Gasteiger partial charge is 0.191 e. The van der Waals surface area contributed by atoms with Crippen LogP contribution in [0.25, 0.3) is 0 Å². The number of hydrogen-bond acceptors (Lipinski definition) is 3. The molecule has 0 spiro atoms. The zero-order chi connectivity index (χ0) is 18.9. The summed E-state index contributed by atoms with van der Waals surface area (Å²) in [6.45, 7) is 12.7. The average Bonchev–Trinajstić information content (AvgIpc) is 2.64. The van der Waals surface area contributed by atoms with Gasteiger partial charge in [-0.05, 0) is 50.3 Å². The Morgan fingerprint density at radius 2 is 1.78 bits per heavy atom. The first-order valence-electron chi connectivity index (χ1n) is 9.91. The van der Waals surface area contributed by atoms with Crippen molar-refractivity contribution < 1.29 is 4.74 Å². The molecule has 5 nitrogen and oxygen atoms in total. The average molecular weight is 488 g/mol. The summed E-state index contributed by atoms with van der Waals surface area (Å²) in [5, 5.41) is 6.99. The Balaban J connectivity index is 0.00000364. The number of aliphatic imine (C=N–C) groups is 1. The molecule has 1 aliphatic heterocycles. The minimum absolute atomic E-state index is 0. The Kier molecular flexibility index (Phi) is 11.1. The van der Waals surface area contributed by atoms with Crippen LogP contribution in [0.4, 0.5) is 0 Å². The molecule has 1 aromatic carbocycles. The number of hydrogen-bond donors (Lipinski definition) is 2. The summed E-state index contributed by atoms with van der Waals surface area (Å²) in [7, 11) is 1.83. The number of piperidine rings is 1. The second-order valence-electron chi connectivity index (χ2n) is 7.82. The van der Waals surface area contributed by atoms with Crippen LogP contribution in [0.2, 0.25) is 0 Å². The SMILES string of the molecule is CN=C(NCc1ccc(OCC(C)C)cc1)NC1CCN(C(C)C)CC1.I. The molecular formula is C21H37IN4O. The van der Waals surface area contributed by atoms with Crippen molar-refractivity contribution in [1.82, 2.24) is 15.5 Å². The molecule has 27 heavy (non-hydrogen) atoms. The van der Waals surface area contributed by atoms with Gasteiger partial charge in [0.05, 0.1) is 6.61 Å². The topological polar surface area (TPSA) is 48.9 Å². The lowest BCUT2D eigenvalue weighted by atomic mass is 10.0. The predicted octanol–water partition coefficient (Wildman–Crippen LogP) is 3.88. The Labute approximate surface area is 182 Å². The summed E-state index contributed by atoms with van der Waals surface area (Å²) >= 11 is 0. The highest BCUT2D eigenvalue weighted by atomic mass is 127. The first-order chi connectivity index (χ1) is 12.5. The van der Waals surface area contributed by atoms with Crippen molar-refractivity contribution in [1.29, 1.82) is 0 Å². The Morgan fingerprint density at radius 1 is 1.15 bits per heavy atom. The fourth-order valence-corrected chi connectivity index (χ4v) is 3.10. The van der Waals surface area contributed by atoms with Crippen LogP contribution >= 0.6 is 24.0 Å². The highest BCUT2D eigenvalue weighted by Gasteiger charge is 2.21. The van der Waals surface area contributed by atoms with Crippen molar-refractivity contribution in [2.24, 2.45) is 10.9 Å². The highest BCUT2D eigenvalue weighted by molar-refractivity contribution is 14.0. The molecular weight excluding hydrogens is 451 g/mol. The molecule has 0 aromatic heterocycles. The van der Waals surface area contributed by atoms with Gasteiger partial charge in [-0.2, -0.15) is 0 Å². The molecule has 1 aliphatic rings. The van der Waals surface area contributed by atoms with Gasteiger partial charge in [-0.15, -0.1) is 24.0 Å². The Hall–Kier alpha value is -1.02. The molecule has 0 unspecified atom stereocenters. The zero-order valence-corrected chi connectivity index (χ0v) is 19.8. The molecule has 0 bridgehead atoms. The fraction of sp³-hybridized carbons (Fsp3) is 0.667. The van der Waals surface area contributed by atoms with Gasteiger partial charge in [0.25, 0.3) is 0 Å². The molecule has 1 heterocycles. The van der Waals surface area contributed by atoms with E-state index >= 15 is 0 Å². The van der Waals surface area contributed by atoms with E-state index in [1.165, 1.54) is 18.4 Å². The van der Waals surface area contributed by atoms with Crippen LogP contribution in [-0.2, 0) is 6.54 Å². The number of nitrogens with one attached hydrogen (secondary N) is 2. The first-order valence-corrected chi connectivity index (χ1v) is 9.91. The van der Waals surface area contributed by atoms with Crippen molar-refractivity contribution in [3.63, 3.8) is 0 Å². The Bertz CT molecular complexity index is 552. The lowest BCUT2D eigenvalue weighted by molar-refractivity contribution is 0.167. The Morgan fingerprint density at radius 3 is 2.30 bits per heavy atom. The predicted molar refractivity (Wildman–Crippen MR) is 125 cm³/mol. The molecule has 1 saturated heterocycles. The van der Waals surface area contributed by atoms with E-state index in [0.717, 1.165) is 38.0 Å². The van der Waals surface area contributed by atoms with Gasteiger partial charge in [-0.25, -0.2) is 0 Å². The van der Waals surface area contributed by atoms with Crippen LogP contribution in [0.15, 0.2) is 29.3 Å². The quantitative estimate of drug-likeness (QED) is 0.348. The highest BCUT2D eigenvalue weighted by Crippen LogP contribution is 2.14. The zero-order valence-electron chi connectivity index (χ0n) is 17.5. The number of halogens is 1. The lowest BCUT2D eigenvalue weighted by Gasteiger charge is -2.35. The fourth-order valence-electron chi connectivity index (χ4n) is 3.10. The van der Waals surface area contributed by atoms with Crippen molar-refractivity contribution >= 4 is 29.9 Å². The minimum atomic E-state index is 0. The molecule has 1 aromatic rings. The van der Waals surface area contributed by atoms with Crippen LogP contribution in [0.3, 0.4) is 0 Å². The molecule has 0 radical (unpaired) electrons. The maximum Gasteiger partial charge on any atom is 0.191 e. The summed E-state index contributed by atoms with van der Waals surface area (Å²) in [6.07, 6.45) is 2.33. The normalized spacial score (nSPS) is 16.3. The van der Waals surface area contributed by atoms with E-state index in [1.54, 1.807) is 0 Å². The largest absolute Gasteiger partial charge is 0.493 e. The standard InChI is InChI=1S/C21H36N4O.HI/c1-16(2)15-26-20-8-6-18(7-9-20)14-23-21(22-5)24-19-10-12-25(13-11-19)17(3)4;/h6-9,16-17,19H,10-15H2,1-5H3,(H2,22,23,24);1H. The molecule has 0 atom stereocenters. The maximum absolute atomic E-state index is 5.73. The van der Waals surface area contributed by atoms with Gasteiger partial charge >= 0.3 is 0 Å². The van der Waals surface area contributed by atoms with E-state index in [-0.39, 0.29) is 24.0 Å². The summed E-state index contributed by atoms with van der Waals surface area (Å²) in [4.78, 5) is 6.91. The second-order valence-corrected chi connectivity index (χ2v) is 7.82. The summed E-state index contributed by atoms with van der Waals surface area (Å²) < 4.78 is 5.73. The molecule has 2 N–H and O–H groups in total. The number of benzene rings is 1. The van der Waals surface area contributed by atoms with Crippen molar-refractivity contribution in [2.45, 2.75) is 59.2 Å². The van der Waals surface area contributed by atoms with Crippen LogP contribution in [-0.4, -0.2) is 49.7 Å². The molecule has 0 amide bonds. The third-order valence-electron chi connectivity index (χ3n) is 4.79. The van der Waals surface area contributed by atoms with Crippen molar-refractivity contribution in [2.75, 3.05) is 26.7 Å². The maximum atomic E-state index is 5.73. The summed E-state index contributed by atoms with van der Waals surface area (Å²) in [5.74, 6) is 2.35. The molecule has 2 rings (SSSR count). The van der Waals surface area contributed by atoms with Gasteiger partial charge in [0.15, 0.2) is 5.96 Å². The van der Waals surface area contributed by atoms with Gasteiger partial charge in [0.1, 0.15) is 5.75 Å². The van der Waals surface area contributed by atoms with Gasteiger partial charge in [-0.3, -0.25) is 4.99 Å². The van der Waals surface area contributed by atoms with E-state index in [1.807, 2.05) is 19.2 Å². The van der Waals surface area contributed by atoms with E-state index in [0.29, 0.717) is 18.0 Å². The van der Waals surface area contributed by atoms with Crippen LogP contribution < -0.4 is 15.4 Å². The van der Waals surface area contributed by atoms with Gasteiger partial charge in [0, 0.05) is 38.8 Å². The first kappa shape index (κ1) is 24.0. The van der Waals surface area contributed by atoms with E-state index in [9.17, 15) is 0 Å². The van der Waals surface area contributed by atoms with Crippen LogP contribution in [0, 0.1) is 5.92 Å². The molecule has 0 aliphatic carbocycles. The monoisotopic (exact) mass is 488 g/mol. The van der Waals surface area contributed by atoms with Crippen molar-refractivity contribution in [3.05, 3.63) is 29.8 Å². The van der Waals surface area contributed by atoms with Gasteiger partial charge < -0.3 is 20.3 Å². The molecule has 1 fully saturated rings. The third kappa shape index (κ3) is 8.68. The van der Waals surface area contributed by atoms with Crippen LogP contribution in [0.5, 0.6) is 5.75 Å². The van der Waals surface area contributed by atoms with E-state index in [4.69, 9.17) is 4.74 Å². The van der Waals surface area contributed by atoms with Crippen LogP contribution in [0.1, 0.15) is 46.1 Å². The minimum Gasteiger partial charge on any atom is -0.493 e. The van der Waals surface area contributed by atoms with Crippen molar-refractivity contribution in [3.8, 4) is 5.75 Å². The third-order valence-corrected chi connectivity index (χ3v) is 4.79. The van der Waals surface area contributed by atoms with E-state index < -0.39 is 0 Å². The van der Waals surface area contributed by atoms with Gasteiger partial charge in [0.2, 0.25) is 0 Å². The number of guanidine groups is 1. The summed E-state index contributed by atoms with van der Waals surface area (Å²) in [6, 6.07) is 9.44. The second kappa shape index (κ2) is 12.4. The van der Waals surface area contributed by atoms with Gasteiger partial charge in [-0.1, -0.05) is 26.0 Å². The number of nitrogens with zero attached hydrogens (tertiary/aromatic N) is 2. The molecule has 154 valence electrons. The van der Waals surface area contributed by atoms with E-state index in [2.05, 4.69) is 60.4 Å². The molecule has 6 heteroatoms. The number of rotatable bonds is 7. The number of likely N-dealkylation sites (tertiary alicyclic amines) is 1. The lowest BCUT2D eigenvalue weighted by Crippen LogP contribution is -2.49. The molecule has 0 saturated carbocycles.